The molecule has 1 heterocycles. The Morgan fingerprint density at radius 2 is 1.54 bits per heavy atom. The predicted molar refractivity (Wildman–Crippen MR) is 57.0 cm³/mol. The first-order valence-corrected chi connectivity index (χ1v) is 4.83. The smallest absolute Gasteiger partial charge is 0.0663 e. The van der Waals surface area contributed by atoms with Crippen molar-refractivity contribution in [2.45, 2.75) is 52.4 Å². The maximum Gasteiger partial charge on any atom is 0.0663 e. The molecular formula is C12H20N. The van der Waals surface area contributed by atoms with Crippen molar-refractivity contribution in [2.75, 3.05) is 0 Å². The van der Waals surface area contributed by atoms with Gasteiger partial charge in [0.25, 0.3) is 0 Å². The van der Waals surface area contributed by atoms with Gasteiger partial charge in [0, 0.05) is 6.20 Å². The molecule has 0 saturated carbocycles. The van der Waals surface area contributed by atoms with Crippen molar-refractivity contribution >= 4 is 0 Å². The number of nitrogens with one attached hydrogen (secondary N) is 1. The van der Waals surface area contributed by atoms with E-state index in [0.717, 1.165) is 0 Å². The van der Waals surface area contributed by atoms with Gasteiger partial charge in [0.15, 0.2) is 0 Å². The van der Waals surface area contributed by atoms with Crippen molar-refractivity contribution in [1.82, 2.24) is 4.98 Å². The lowest BCUT2D eigenvalue weighted by atomic mass is 9.78. The Morgan fingerprint density at radius 1 is 1.00 bits per heavy atom. The third-order valence-electron chi connectivity index (χ3n) is 2.24. The minimum Gasteiger partial charge on any atom is -0.359 e. The van der Waals surface area contributed by atoms with Crippen LogP contribution in [-0.4, -0.2) is 4.98 Å². The molecule has 1 heteroatoms. The van der Waals surface area contributed by atoms with Gasteiger partial charge in [0.1, 0.15) is 0 Å². The van der Waals surface area contributed by atoms with Gasteiger partial charge in [-0.3, -0.25) is 0 Å². The molecule has 0 aliphatic heterocycles. The molecule has 0 spiro atoms. The Labute approximate surface area is 81.6 Å². The van der Waals surface area contributed by atoms with Crippen LogP contribution in [0.5, 0.6) is 0 Å². The zero-order valence-corrected chi connectivity index (χ0v) is 9.58. The van der Waals surface area contributed by atoms with E-state index in [1.54, 1.807) is 0 Å². The first-order valence-electron chi connectivity index (χ1n) is 4.83. The molecule has 1 nitrogen and oxygen atoms in total. The molecule has 1 rings (SSSR count). The molecular weight excluding hydrogens is 158 g/mol. The molecule has 1 aromatic heterocycles. The van der Waals surface area contributed by atoms with E-state index in [9.17, 15) is 0 Å². The minimum atomic E-state index is 0.183. The molecule has 0 aromatic carbocycles. The molecule has 1 radical (unpaired) electrons. The fourth-order valence-electron chi connectivity index (χ4n) is 1.50. The van der Waals surface area contributed by atoms with Crippen LogP contribution in [0.4, 0.5) is 0 Å². The van der Waals surface area contributed by atoms with Gasteiger partial charge in [-0.05, 0) is 22.0 Å². The van der Waals surface area contributed by atoms with Crippen molar-refractivity contribution < 1.29 is 0 Å². The summed E-state index contributed by atoms with van der Waals surface area (Å²) in [5.74, 6) is 0. The summed E-state index contributed by atoms with van der Waals surface area (Å²) in [6.07, 6.45) is 5.30. The van der Waals surface area contributed by atoms with Crippen LogP contribution in [0.3, 0.4) is 0 Å². The van der Waals surface area contributed by atoms with Crippen LogP contribution < -0.4 is 0 Å². The highest BCUT2D eigenvalue weighted by Gasteiger charge is 2.25. The van der Waals surface area contributed by atoms with Gasteiger partial charge >= 0.3 is 0 Å². The highest BCUT2D eigenvalue weighted by molar-refractivity contribution is 5.34. The molecule has 0 unspecified atom stereocenters. The van der Waals surface area contributed by atoms with E-state index in [2.05, 4.69) is 58.9 Å². The molecule has 0 atom stereocenters. The highest BCUT2D eigenvalue weighted by atomic mass is 14.7. The summed E-state index contributed by atoms with van der Waals surface area (Å²) >= 11 is 0. The molecule has 1 N–H and O–H groups in total. The van der Waals surface area contributed by atoms with Gasteiger partial charge in [-0.15, -0.1) is 0 Å². The average molecular weight is 178 g/mol. The minimum absolute atomic E-state index is 0.183. The van der Waals surface area contributed by atoms with Crippen LogP contribution in [0.15, 0.2) is 6.20 Å². The van der Waals surface area contributed by atoms with E-state index in [4.69, 9.17) is 0 Å². The van der Waals surface area contributed by atoms with Crippen molar-refractivity contribution in [2.24, 2.45) is 0 Å². The predicted octanol–water partition coefficient (Wildman–Crippen LogP) is 3.41. The third kappa shape index (κ3) is 2.15. The second kappa shape index (κ2) is 2.90. The van der Waals surface area contributed by atoms with Gasteiger partial charge in [0.05, 0.1) is 6.20 Å². The number of rotatable bonds is 0. The van der Waals surface area contributed by atoms with Crippen LogP contribution in [0.1, 0.15) is 52.7 Å². The first kappa shape index (κ1) is 10.4. The molecule has 1 aromatic rings. The molecule has 0 bridgehead atoms. The zero-order chi connectivity index (χ0) is 10.3. The quantitative estimate of drug-likeness (QED) is 0.626. The van der Waals surface area contributed by atoms with E-state index in [1.807, 2.05) is 0 Å². The van der Waals surface area contributed by atoms with E-state index < -0.39 is 0 Å². The Balaban J connectivity index is 3.19. The Kier molecular flexibility index (Phi) is 2.31. The lowest BCUT2D eigenvalue weighted by Crippen LogP contribution is -2.19. The van der Waals surface area contributed by atoms with E-state index in [1.165, 1.54) is 11.1 Å². The lowest BCUT2D eigenvalue weighted by molar-refractivity contribution is 0.534. The monoisotopic (exact) mass is 178 g/mol. The topological polar surface area (TPSA) is 15.8 Å². The Morgan fingerprint density at radius 3 is 1.85 bits per heavy atom. The van der Waals surface area contributed by atoms with Crippen LogP contribution in [0.2, 0.25) is 0 Å². The maximum absolute atomic E-state index is 3.23. The summed E-state index contributed by atoms with van der Waals surface area (Å²) in [7, 11) is 0. The number of aromatic amines is 1. The first-order chi connectivity index (χ1) is 5.73. The molecule has 0 saturated heterocycles. The summed E-state index contributed by atoms with van der Waals surface area (Å²) in [5.41, 5.74) is 3.07. The van der Waals surface area contributed by atoms with Gasteiger partial charge in [0.2, 0.25) is 0 Å². The largest absolute Gasteiger partial charge is 0.359 e. The molecule has 0 amide bonds. The standard InChI is InChI=1S/C12H20N/c1-11(2,3)9-7-13-8-10(9)12(4,5)6/h7,13H,1-6H3. The maximum atomic E-state index is 3.23. The second-order valence-corrected chi connectivity index (χ2v) is 5.70. The van der Waals surface area contributed by atoms with Crippen LogP contribution in [0.25, 0.3) is 0 Å². The van der Waals surface area contributed by atoms with Crippen molar-refractivity contribution in [3.8, 4) is 0 Å². The van der Waals surface area contributed by atoms with E-state index in [0.29, 0.717) is 0 Å². The van der Waals surface area contributed by atoms with Gasteiger partial charge in [-0.25, -0.2) is 0 Å². The van der Waals surface area contributed by atoms with Crippen LogP contribution in [-0.2, 0) is 10.8 Å². The number of hydrogen-bond donors (Lipinski definition) is 1. The van der Waals surface area contributed by atoms with Gasteiger partial charge < -0.3 is 4.98 Å². The highest BCUT2D eigenvalue weighted by Crippen LogP contribution is 2.32. The second-order valence-electron chi connectivity index (χ2n) is 5.70. The van der Waals surface area contributed by atoms with E-state index >= 15 is 0 Å². The summed E-state index contributed by atoms with van der Waals surface area (Å²) in [5, 5.41) is 0. The summed E-state index contributed by atoms with van der Waals surface area (Å²) in [6.45, 7) is 13.4. The molecule has 0 aliphatic rings. The number of H-pyrrole nitrogens is 1. The van der Waals surface area contributed by atoms with Crippen molar-refractivity contribution in [3.63, 3.8) is 0 Å². The van der Waals surface area contributed by atoms with Gasteiger partial charge in [-0.2, -0.15) is 0 Å². The molecule has 0 fully saturated rings. The molecule has 0 aliphatic carbocycles. The fraction of sp³-hybridized carbons (Fsp3) is 0.667. The summed E-state index contributed by atoms with van der Waals surface area (Å²) in [6, 6.07) is 0. The Bertz CT molecular complexity index is 252. The normalized spacial score (nSPS) is 13.4. The van der Waals surface area contributed by atoms with Crippen LogP contribution >= 0.6 is 0 Å². The molecule has 13 heavy (non-hydrogen) atoms. The van der Waals surface area contributed by atoms with E-state index in [-0.39, 0.29) is 10.8 Å². The summed E-state index contributed by atoms with van der Waals surface area (Å²) < 4.78 is 0. The zero-order valence-electron chi connectivity index (χ0n) is 9.58. The summed E-state index contributed by atoms with van der Waals surface area (Å²) in [4.78, 5) is 3.09. The molecule has 73 valence electrons. The fourth-order valence-corrected chi connectivity index (χ4v) is 1.50. The third-order valence-corrected chi connectivity index (χ3v) is 2.24. The Hall–Kier alpha value is -0.720. The number of aromatic nitrogens is 1. The SMILES string of the molecule is CC(C)(C)c1[c][nH]cc1C(C)(C)C. The van der Waals surface area contributed by atoms with Crippen LogP contribution in [0, 0.1) is 6.20 Å². The van der Waals surface area contributed by atoms with Crippen molar-refractivity contribution in [3.05, 3.63) is 23.5 Å². The average Bonchev–Trinajstić information content (AvgIpc) is 2.27. The number of hydrogen-bond acceptors (Lipinski definition) is 0. The lowest BCUT2D eigenvalue weighted by Gasteiger charge is -2.26. The van der Waals surface area contributed by atoms with Gasteiger partial charge in [-0.1, -0.05) is 41.5 Å². The van der Waals surface area contributed by atoms with Crippen molar-refractivity contribution in [1.29, 1.82) is 0 Å².